The number of quaternary nitrogens is 1. The summed E-state index contributed by atoms with van der Waals surface area (Å²) in [5.74, 6) is 0.198. The molecular weight excluding hydrogens is 274 g/mol. The van der Waals surface area contributed by atoms with Crippen molar-refractivity contribution in [3.05, 3.63) is 29.8 Å². The van der Waals surface area contributed by atoms with Crippen LogP contribution in [0.15, 0.2) is 24.3 Å². The predicted octanol–water partition coefficient (Wildman–Crippen LogP) is 1.75. The zero-order chi connectivity index (χ0) is 15.7. The molecule has 0 radical (unpaired) electrons. The van der Waals surface area contributed by atoms with Gasteiger partial charge in [-0.3, -0.25) is 4.79 Å². The van der Waals surface area contributed by atoms with Crippen molar-refractivity contribution >= 4 is 11.6 Å². The van der Waals surface area contributed by atoms with Gasteiger partial charge in [-0.25, -0.2) is 0 Å². The number of hydrogen-bond acceptors (Lipinski definition) is 2. The lowest BCUT2D eigenvalue weighted by atomic mass is 9.89. The molecule has 1 fully saturated rings. The fraction of sp³-hybridized carbons (Fsp3) is 0.611. The third kappa shape index (κ3) is 2.50. The average Bonchev–Trinajstić information content (AvgIpc) is 2.52. The lowest BCUT2D eigenvalue weighted by Gasteiger charge is -2.51. The molecule has 2 N–H and O–H groups in total. The van der Waals surface area contributed by atoms with E-state index in [0.717, 1.165) is 50.1 Å². The molecule has 120 valence electrons. The normalized spacial score (nSPS) is 27.9. The SMILES string of the molecule is CCCN1C(=O)c2ccccc2NC12CC[NH+](C(C)C)CC2. The van der Waals surface area contributed by atoms with Gasteiger partial charge in [-0.1, -0.05) is 19.1 Å². The Kier molecular flexibility index (Phi) is 4.13. The number of benzene rings is 1. The van der Waals surface area contributed by atoms with Crippen LogP contribution in [0.4, 0.5) is 5.69 Å². The minimum Gasteiger partial charge on any atom is -0.362 e. The number of fused-ring (bicyclic) bond motifs is 1. The standard InChI is InChI=1S/C18H27N3O/c1-4-11-21-17(22)15-7-5-6-8-16(15)19-18(21)9-12-20(13-10-18)14(2)3/h5-8,14,19H,4,9-13H2,1-3H3/p+1. The molecule has 1 aromatic carbocycles. The Balaban J connectivity index is 1.91. The first kappa shape index (κ1) is 15.3. The van der Waals surface area contributed by atoms with Crippen molar-refractivity contribution in [1.82, 2.24) is 4.90 Å². The highest BCUT2D eigenvalue weighted by molar-refractivity contribution is 6.02. The van der Waals surface area contributed by atoms with E-state index in [1.807, 2.05) is 24.3 Å². The number of carbonyl (C=O) groups excluding carboxylic acids is 1. The van der Waals surface area contributed by atoms with E-state index in [1.54, 1.807) is 4.90 Å². The van der Waals surface area contributed by atoms with Crippen LogP contribution < -0.4 is 10.2 Å². The summed E-state index contributed by atoms with van der Waals surface area (Å²) in [6.45, 7) is 9.80. The minimum atomic E-state index is -0.181. The number of carbonyl (C=O) groups is 1. The molecule has 3 rings (SSSR count). The first-order valence-corrected chi connectivity index (χ1v) is 8.61. The van der Waals surface area contributed by atoms with Crippen LogP contribution in [-0.4, -0.2) is 42.1 Å². The molecule has 2 heterocycles. The maximum Gasteiger partial charge on any atom is 0.257 e. The van der Waals surface area contributed by atoms with Crippen LogP contribution in [0.5, 0.6) is 0 Å². The smallest absolute Gasteiger partial charge is 0.257 e. The second-order valence-electron chi connectivity index (χ2n) is 6.97. The summed E-state index contributed by atoms with van der Waals surface area (Å²) < 4.78 is 0. The number of amides is 1. The number of piperidine rings is 1. The average molecular weight is 302 g/mol. The monoisotopic (exact) mass is 302 g/mol. The lowest BCUT2D eigenvalue weighted by Crippen LogP contribution is -3.16. The Morgan fingerprint density at radius 3 is 2.59 bits per heavy atom. The highest BCUT2D eigenvalue weighted by Gasteiger charge is 2.47. The van der Waals surface area contributed by atoms with Crippen LogP contribution >= 0.6 is 0 Å². The van der Waals surface area contributed by atoms with Gasteiger partial charge in [-0.05, 0) is 32.4 Å². The fourth-order valence-corrected chi connectivity index (χ4v) is 3.93. The fourth-order valence-electron chi connectivity index (χ4n) is 3.93. The van der Waals surface area contributed by atoms with E-state index in [1.165, 1.54) is 0 Å². The highest BCUT2D eigenvalue weighted by atomic mass is 16.2. The first-order chi connectivity index (χ1) is 10.6. The maximum atomic E-state index is 13.0. The van der Waals surface area contributed by atoms with Crippen molar-refractivity contribution in [2.75, 3.05) is 25.0 Å². The van der Waals surface area contributed by atoms with Crippen molar-refractivity contribution < 1.29 is 9.69 Å². The highest BCUT2D eigenvalue weighted by Crippen LogP contribution is 2.35. The zero-order valence-electron chi connectivity index (χ0n) is 14.0. The van der Waals surface area contributed by atoms with Crippen molar-refractivity contribution in [3.63, 3.8) is 0 Å². The van der Waals surface area contributed by atoms with Crippen LogP contribution in [0.2, 0.25) is 0 Å². The number of rotatable bonds is 3. The second kappa shape index (κ2) is 5.92. The number of likely N-dealkylation sites (tertiary alicyclic amines) is 1. The van der Waals surface area contributed by atoms with Gasteiger partial charge in [-0.2, -0.15) is 0 Å². The molecule has 0 aromatic heterocycles. The predicted molar refractivity (Wildman–Crippen MR) is 89.2 cm³/mol. The summed E-state index contributed by atoms with van der Waals surface area (Å²) in [6.07, 6.45) is 3.05. The third-order valence-electron chi connectivity index (χ3n) is 5.27. The van der Waals surface area contributed by atoms with Gasteiger partial charge >= 0.3 is 0 Å². The third-order valence-corrected chi connectivity index (χ3v) is 5.27. The van der Waals surface area contributed by atoms with E-state index >= 15 is 0 Å². The van der Waals surface area contributed by atoms with E-state index < -0.39 is 0 Å². The molecule has 0 unspecified atom stereocenters. The summed E-state index contributed by atoms with van der Waals surface area (Å²) in [5.41, 5.74) is 1.65. The van der Waals surface area contributed by atoms with Crippen molar-refractivity contribution in [1.29, 1.82) is 0 Å². The van der Waals surface area contributed by atoms with Gasteiger partial charge in [-0.15, -0.1) is 0 Å². The van der Waals surface area contributed by atoms with Gasteiger partial charge < -0.3 is 15.1 Å². The number of para-hydroxylation sites is 1. The molecule has 22 heavy (non-hydrogen) atoms. The number of nitrogens with zero attached hydrogens (tertiary/aromatic N) is 1. The molecule has 1 aromatic rings. The Hall–Kier alpha value is -1.55. The molecule has 1 amide bonds. The Bertz CT molecular complexity index is 547. The second-order valence-corrected chi connectivity index (χ2v) is 6.97. The van der Waals surface area contributed by atoms with Gasteiger partial charge in [0.15, 0.2) is 0 Å². The van der Waals surface area contributed by atoms with Crippen molar-refractivity contribution in [3.8, 4) is 0 Å². The number of nitrogens with one attached hydrogen (secondary N) is 2. The van der Waals surface area contributed by atoms with E-state index in [9.17, 15) is 4.79 Å². The van der Waals surface area contributed by atoms with Crippen LogP contribution in [-0.2, 0) is 0 Å². The minimum absolute atomic E-state index is 0.181. The lowest BCUT2D eigenvalue weighted by molar-refractivity contribution is -0.927. The van der Waals surface area contributed by atoms with Crippen LogP contribution in [0.25, 0.3) is 0 Å². The maximum absolute atomic E-state index is 13.0. The molecule has 0 saturated carbocycles. The summed E-state index contributed by atoms with van der Waals surface area (Å²) in [4.78, 5) is 16.7. The van der Waals surface area contributed by atoms with E-state index in [2.05, 4.69) is 31.0 Å². The summed E-state index contributed by atoms with van der Waals surface area (Å²) >= 11 is 0. The molecule has 1 spiro atoms. The van der Waals surface area contributed by atoms with Crippen LogP contribution in [0.3, 0.4) is 0 Å². The van der Waals surface area contributed by atoms with Gasteiger partial charge in [0.1, 0.15) is 5.66 Å². The van der Waals surface area contributed by atoms with E-state index in [-0.39, 0.29) is 11.6 Å². The van der Waals surface area contributed by atoms with Gasteiger partial charge in [0.25, 0.3) is 5.91 Å². The first-order valence-electron chi connectivity index (χ1n) is 8.61. The van der Waals surface area contributed by atoms with Crippen LogP contribution in [0.1, 0.15) is 50.4 Å². The Morgan fingerprint density at radius 2 is 1.95 bits per heavy atom. The molecule has 4 nitrogen and oxygen atoms in total. The molecule has 2 aliphatic rings. The summed E-state index contributed by atoms with van der Waals surface area (Å²) in [7, 11) is 0. The van der Waals surface area contributed by atoms with Gasteiger partial charge in [0.05, 0.1) is 24.7 Å². The van der Waals surface area contributed by atoms with Gasteiger partial charge in [0, 0.05) is 25.1 Å². The molecule has 4 heteroatoms. The van der Waals surface area contributed by atoms with Crippen molar-refractivity contribution in [2.45, 2.75) is 51.7 Å². The topological polar surface area (TPSA) is 36.8 Å². The number of hydrogen-bond donors (Lipinski definition) is 2. The molecule has 0 atom stereocenters. The zero-order valence-corrected chi connectivity index (χ0v) is 14.0. The van der Waals surface area contributed by atoms with E-state index in [0.29, 0.717) is 6.04 Å². The van der Waals surface area contributed by atoms with Crippen LogP contribution in [0, 0.1) is 0 Å². The van der Waals surface area contributed by atoms with Crippen molar-refractivity contribution in [2.24, 2.45) is 0 Å². The molecule has 0 bridgehead atoms. The Labute approximate surface area is 133 Å². The van der Waals surface area contributed by atoms with E-state index in [4.69, 9.17) is 0 Å². The largest absolute Gasteiger partial charge is 0.362 e. The quantitative estimate of drug-likeness (QED) is 0.892. The number of anilines is 1. The van der Waals surface area contributed by atoms with Gasteiger partial charge in [0.2, 0.25) is 0 Å². The molecule has 0 aliphatic carbocycles. The summed E-state index contributed by atoms with van der Waals surface area (Å²) in [5, 5.41) is 3.73. The molecule has 2 aliphatic heterocycles. The molecule has 1 saturated heterocycles. The Morgan fingerprint density at radius 1 is 1.27 bits per heavy atom. The summed E-state index contributed by atoms with van der Waals surface area (Å²) in [6, 6.07) is 8.60. The molecular formula is C18H28N3O+.